The van der Waals surface area contributed by atoms with E-state index in [-0.39, 0.29) is 19.5 Å². The molecule has 0 spiro atoms. The largest absolute Gasteiger partial charge is 0.480 e. The van der Waals surface area contributed by atoms with Crippen molar-refractivity contribution in [3.8, 4) is 0 Å². The number of rotatable bonds is 1. The minimum Gasteiger partial charge on any atom is -0.480 e. The number of nitrogens with two attached hydrogens (primary N) is 1. The fraction of sp³-hybridized carbons (Fsp3) is 0.667. The molecular formula is C3H7NO2Zn. The summed E-state index contributed by atoms with van der Waals surface area (Å²) in [5.74, 6) is -0.963. The number of carboxylic acid groups (broad SMARTS) is 1. The van der Waals surface area contributed by atoms with Crippen LogP contribution in [0, 0.1) is 0 Å². The van der Waals surface area contributed by atoms with Gasteiger partial charge in [0, 0.05) is 19.5 Å². The summed E-state index contributed by atoms with van der Waals surface area (Å²) in [7, 11) is 0. The van der Waals surface area contributed by atoms with Crippen LogP contribution in [0.4, 0.5) is 0 Å². The summed E-state index contributed by atoms with van der Waals surface area (Å²) in [6, 6.07) is -0.731. The van der Waals surface area contributed by atoms with Crippen molar-refractivity contribution < 1.29 is 29.4 Å². The molecule has 0 aliphatic heterocycles. The average Bonchev–Trinajstić information content (AvgIpc) is 1.36. The molecule has 0 aliphatic rings. The van der Waals surface area contributed by atoms with E-state index in [0.717, 1.165) is 0 Å². The smallest absolute Gasteiger partial charge is 0.320 e. The maximum atomic E-state index is 9.57. The van der Waals surface area contributed by atoms with E-state index in [1.54, 1.807) is 0 Å². The normalized spacial score (nSPS) is 11.7. The Morgan fingerprint density at radius 2 is 2.00 bits per heavy atom. The number of carboxylic acids is 1. The fourth-order valence-corrected chi connectivity index (χ4v) is 0. The Bertz CT molecular complexity index is 64.0. The molecule has 0 rings (SSSR count). The van der Waals surface area contributed by atoms with Gasteiger partial charge in [0.15, 0.2) is 0 Å². The van der Waals surface area contributed by atoms with Crippen molar-refractivity contribution in [2.24, 2.45) is 5.73 Å². The Labute approximate surface area is 54.6 Å². The first-order valence-electron chi connectivity index (χ1n) is 1.63. The zero-order valence-corrected chi connectivity index (χ0v) is 7.18. The fourth-order valence-electron chi connectivity index (χ4n) is 0. The molecule has 0 amide bonds. The van der Waals surface area contributed by atoms with Crippen LogP contribution < -0.4 is 5.73 Å². The van der Waals surface area contributed by atoms with Gasteiger partial charge in [-0.15, -0.1) is 0 Å². The second-order valence-corrected chi connectivity index (χ2v) is 1.13. The van der Waals surface area contributed by atoms with Crippen LogP contribution >= 0.6 is 0 Å². The molecule has 0 aliphatic carbocycles. The zero-order valence-electron chi connectivity index (χ0n) is 4.22. The van der Waals surface area contributed by atoms with E-state index >= 15 is 0 Å². The quantitative estimate of drug-likeness (QED) is 0.497. The van der Waals surface area contributed by atoms with Gasteiger partial charge >= 0.3 is 5.97 Å². The van der Waals surface area contributed by atoms with Crippen LogP contribution in [0.25, 0.3) is 0 Å². The Morgan fingerprint density at radius 3 is 2.00 bits per heavy atom. The summed E-state index contributed by atoms with van der Waals surface area (Å²) in [5, 5.41) is 7.87. The molecule has 38 valence electrons. The molecule has 3 nitrogen and oxygen atoms in total. The van der Waals surface area contributed by atoms with Gasteiger partial charge in [-0.3, -0.25) is 4.79 Å². The summed E-state index contributed by atoms with van der Waals surface area (Å²) < 4.78 is 0. The third-order valence-electron chi connectivity index (χ3n) is 0.390. The van der Waals surface area contributed by atoms with Crippen LogP contribution in [-0.2, 0) is 24.3 Å². The van der Waals surface area contributed by atoms with Gasteiger partial charge in [0.2, 0.25) is 0 Å². The molecule has 0 fully saturated rings. The minimum absolute atomic E-state index is 0. The van der Waals surface area contributed by atoms with Gasteiger partial charge in [0.1, 0.15) is 6.04 Å². The summed E-state index contributed by atoms with van der Waals surface area (Å²) >= 11 is 0. The molecule has 0 unspecified atom stereocenters. The standard InChI is InChI=1S/C3H7NO2.Zn/c1-2(4)3(5)6;/h2H,4H2,1H3,(H,5,6);/t2-;/m0./s1. The van der Waals surface area contributed by atoms with E-state index in [1.807, 2.05) is 0 Å². The Morgan fingerprint density at radius 1 is 1.86 bits per heavy atom. The van der Waals surface area contributed by atoms with Gasteiger partial charge in [0.05, 0.1) is 0 Å². The van der Waals surface area contributed by atoms with E-state index in [2.05, 4.69) is 0 Å². The molecule has 1 atom stereocenters. The van der Waals surface area contributed by atoms with Crippen molar-refractivity contribution in [1.29, 1.82) is 0 Å². The Kier molecular flexibility index (Phi) is 6.10. The van der Waals surface area contributed by atoms with Gasteiger partial charge in [-0.1, -0.05) is 0 Å². The van der Waals surface area contributed by atoms with Crippen molar-refractivity contribution in [2.45, 2.75) is 13.0 Å². The topological polar surface area (TPSA) is 63.3 Å². The van der Waals surface area contributed by atoms with Crippen LogP contribution in [0.3, 0.4) is 0 Å². The molecule has 0 saturated heterocycles. The number of hydrogen-bond acceptors (Lipinski definition) is 2. The van der Waals surface area contributed by atoms with Crippen molar-refractivity contribution in [1.82, 2.24) is 0 Å². The SMILES string of the molecule is C[C@H](N)C(=O)O.[Zn]. The van der Waals surface area contributed by atoms with Gasteiger partial charge < -0.3 is 10.8 Å². The summed E-state index contributed by atoms with van der Waals surface area (Å²) in [6.45, 7) is 1.42. The number of aliphatic carboxylic acids is 1. The van der Waals surface area contributed by atoms with E-state index in [9.17, 15) is 4.79 Å². The van der Waals surface area contributed by atoms with Crippen LogP contribution in [0.15, 0.2) is 0 Å². The van der Waals surface area contributed by atoms with Crippen molar-refractivity contribution >= 4 is 5.97 Å². The molecule has 0 bridgehead atoms. The predicted molar refractivity (Wildman–Crippen MR) is 21.3 cm³/mol. The monoisotopic (exact) mass is 153 g/mol. The van der Waals surface area contributed by atoms with E-state index in [1.165, 1.54) is 6.92 Å². The van der Waals surface area contributed by atoms with Gasteiger partial charge in [-0.25, -0.2) is 0 Å². The Balaban J connectivity index is 0. The van der Waals surface area contributed by atoms with Crippen LogP contribution in [0.1, 0.15) is 6.92 Å². The molecule has 7 heavy (non-hydrogen) atoms. The first-order chi connectivity index (χ1) is 2.64. The molecule has 0 aromatic heterocycles. The van der Waals surface area contributed by atoms with Crippen molar-refractivity contribution in [3.63, 3.8) is 0 Å². The molecule has 0 aromatic rings. The molecular weight excluding hydrogens is 147 g/mol. The molecule has 0 heterocycles. The Hall–Kier alpha value is 0.0534. The van der Waals surface area contributed by atoms with Crippen LogP contribution in [0.2, 0.25) is 0 Å². The molecule has 0 aromatic carbocycles. The predicted octanol–water partition coefficient (Wildman–Crippen LogP) is -0.584. The molecule has 3 N–H and O–H groups in total. The van der Waals surface area contributed by atoms with E-state index < -0.39 is 12.0 Å². The maximum Gasteiger partial charge on any atom is 0.320 e. The third-order valence-corrected chi connectivity index (χ3v) is 0.390. The second kappa shape index (κ2) is 4.22. The summed E-state index contributed by atoms with van der Waals surface area (Å²) in [4.78, 5) is 9.57. The third kappa shape index (κ3) is 6.05. The van der Waals surface area contributed by atoms with Crippen molar-refractivity contribution in [3.05, 3.63) is 0 Å². The minimum atomic E-state index is -0.963. The second-order valence-electron chi connectivity index (χ2n) is 1.13. The summed E-state index contributed by atoms with van der Waals surface area (Å²) in [6.07, 6.45) is 0. The van der Waals surface area contributed by atoms with Crippen molar-refractivity contribution in [2.75, 3.05) is 0 Å². The van der Waals surface area contributed by atoms with Gasteiger partial charge in [-0.05, 0) is 6.92 Å². The number of carbonyl (C=O) groups is 1. The zero-order chi connectivity index (χ0) is 5.15. The van der Waals surface area contributed by atoms with Crippen LogP contribution in [0.5, 0.6) is 0 Å². The maximum absolute atomic E-state index is 9.57. The summed E-state index contributed by atoms with van der Waals surface area (Å²) in [5.41, 5.74) is 4.84. The molecule has 0 saturated carbocycles. The van der Waals surface area contributed by atoms with E-state index in [4.69, 9.17) is 10.8 Å². The van der Waals surface area contributed by atoms with Gasteiger partial charge in [-0.2, -0.15) is 0 Å². The van der Waals surface area contributed by atoms with E-state index in [0.29, 0.717) is 0 Å². The number of hydrogen-bond donors (Lipinski definition) is 2. The van der Waals surface area contributed by atoms with Gasteiger partial charge in [0.25, 0.3) is 0 Å². The first-order valence-corrected chi connectivity index (χ1v) is 1.63. The molecule has 0 radical (unpaired) electrons. The van der Waals surface area contributed by atoms with Crippen LogP contribution in [-0.4, -0.2) is 17.1 Å². The molecule has 4 heteroatoms. The first kappa shape index (κ1) is 10.1. The average molecular weight is 154 g/mol.